The summed E-state index contributed by atoms with van der Waals surface area (Å²) < 4.78 is 2.36. The predicted octanol–water partition coefficient (Wildman–Crippen LogP) is 11.8. The summed E-state index contributed by atoms with van der Waals surface area (Å²) in [6.07, 6.45) is 1.94. The van der Waals surface area contributed by atoms with Gasteiger partial charge in [0, 0.05) is 29.7 Å². The Labute approximate surface area is 314 Å². The van der Waals surface area contributed by atoms with Gasteiger partial charge in [-0.3, -0.25) is 4.57 Å². The first kappa shape index (κ1) is 30.7. The zero-order valence-corrected chi connectivity index (χ0v) is 29.9. The molecule has 0 saturated carbocycles. The van der Waals surface area contributed by atoms with Crippen molar-refractivity contribution in [3.05, 3.63) is 210 Å². The highest BCUT2D eigenvalue weighted by Crippen LogP contribution is 2.57. The van der Waals surface area contributed by atoms with Gasteiger partial charge in [-0.15, -0.1) is 0 Å². The third-order valence-corrected chi connectivity index (χ3v) is 11.7. The minimum atomic E-state index is -0.566. The number of hydrogen-bond acceptors (Lipinski definition) is 3. The molecular formula is C50H36N4. The lowest BCUT2D eigenvalue weighted by atomic mass is 9.67. The molecule has 256 valence electrons. The Bertz CT molecular complexity index is 2860. The summed E-state index contributed by atoms with van der Waals surface area (Å²) in [4.78, 5) is 9.78. The molecule has 2 aromatic heterocycles. The molecule has 0 bridgehead atoms. The van der Waals surface area contributed by atoms with Crippen molar-refractivity contribution in [2.24, 2.45) is 0 Å². The fourth-order valence-corrected chi connectivity index (χ4v) is 9.33. The van der Waals surface area contributed by atoms with Crippen molar-refractivity contribution in [3.63, 3.8) is 0 Å². The van der Waals surface area contributed by atoms with Crippen LogP contribution >= 0.6 is 0 Å². The number of fused-ring (bicyclic) bond motifs is 7. The van der Waals surface area contributed by atoms with Crippen LogP contribution in [0.2, 0.25) is 0 Å². The largest absolute Gasteiger partial charge is 0.355 e. The highest BCUT2D eigenvalue weighted by molar-refractivity contribution is 6.09. The maximum Gasteiger partial charge on any atom is 0.138 e. The van der Waals surface area contributed by atoms with Crippen LogP contribution in [0.1, 0.15) is 22.3 Å². The Balaban J connectivity index is 1.19. The minimum absolute atomic E-state index is 0.566. The van der Waals surface area contributed by atoms with E-state index in [4.69, 9.17) is 4.98 Å². The maximum atomic E-state index is 5.02. The van der Waals surface area contributed by atoms with E-state index in [0.29, 0.717) is 0 Å². The molecule has 7 aromatic carbocycles. The lowest BCUT2D eigenvalue weighted by molar-refractivity contribution is 0.768. The van der Waals surface area contributed by atoms with Crippen molar-refractivity contribution in [2.45, 2.75) is 5.41 Å². The van der Waals surface area contributed by atoms with Crippen molar-refractivity contribution < 1.29 is 0 Å². The number of pyridine rings is 1. The average molecular weight is 693 g/mol. The quantitative estimate of drug-likeness (QED) is 0.179. The number of benzene rings is 7. The summed E-state index contributed by atoms with van der Waals surface area (Å²) in [5, 5.41) is 2.42. The second-order valence-corrected chi connectivity index (χ2v) is 14.5. The molecule has 0 spiro atoms. The summed E-state index contributed by atoms with van der Waals surface area (Å²) in [5.74, 6) is 0.903. The lowest BCUT2D eigenvalue weighted by Crippen LogP contribution is -2.29. The molecule has 2 aliphatic rings. The van der Waals surface area contributed by atoms with E-state index in [1.807, 2.05) is 6.20 Å². The normalized spacial score (nSPS) is 14.0. The second kappa shape index (κ2) is 11.8. The van der Waals surface area contributed by atoms with Crippen LogP contribution in [0.3, 0.4) is 0 Å². The Morgan fingerprint density at radius 1 is 0.500 bits per heavy atom. The summed E-state index contributed by atoms with van der Waals surface area (Å²) in [6.45, 7) is 0.796. The molecule has 0 unspecified atom stereocenters. The van der Waals surface area contributed by atoms with E-state index in [2.05, 4.69) is 203 Å². The fraction of sp³-hybridized carbons (Fsp3) is 0.0600. The second-order valence-electron chi connectivity index (χ2n) is 14.5. The lowest BCUT2D eigenvalue weighted by Gasteiger charge is -2.35. The van der Waals surface area contributed by atoms with Gasteiger partial charge in [0.1, 0.15) is 5.82 Å². The van der Waals surface area contributed by atoms with Crippen LogP contribution in [0, 0.1) is 0 Å². The Kier molecular flexibility index (Phi) is 6.71. The number of hydrogen-bond donors (Lipinski definition) is 0. The van der Waals surface area contributed by atoms with Gasteiger partial charge in [0.2, 0.25) is 0 Å². The molecule has 3 heterocycles. The molecular weight excluding hydrogens is 657 g/mol. The molecule has 9 aromatic rings. The predicted molar refractivity (Wildman–Crippen MR) is 223 cm³/mol. The molecule has 0 atom stereocenters. The van der Waals surface area contributed by atoms with Crippen molar-refractivity contribution >= 4 is 38.9 Å². The van der Waals surface area contributed by atoms with Gasteiger partial charge in [-0.05, 0) is 93.0 Å². The van der Waals surface area contributed by atoms with Crippen molar-refractivity contribution in [1.82, 2.24) is 9.55 Å². The molecule has 0 N–H and O–H groups in total. The molecule has 4 nitrogen and oxygen atoms in total. The third-order valence-electron chi connectivity index (χ3n) is 11.7. The monoisotopic (exact) mass is 692 g/mol. The van der Waals surface area contributed by atoms with Crippen molar-refractivity contribution in [3.8, 4) is 28.1 Å². The maximum absolute atomic E-state index is 5.02. The number of para-hydroxylation sites is 3. The van der Waals surface area contributed by atoms with E-state index in [0.717, 1.165) is 29.1 Å². The molecule has 11 rings (SSSR count). The summed E-state index contributed by atoms with van der Waals surface area (Å²) in [5.41, 5.74) is 15.3. The zero-order valence-electron chi connectivity index (χ0n) is 29.9. The van der Waals surface area contributed by atoms with E-state index in [1.54, 1.807) is 0 Å². The first-order valence-electron chi connectivity index (χ1n) is 18.6. The van der Waals surface area contributed by atoms with Gasteiger partial charge >= 0.3 is 0 Å². The van der Waals surface area contributed by atoms with Crippen LogP contribution < -0.4 is 9.80 Å². The molecule has 0 saturated heterocycles. The van der Waals surface area contributed by atoms with Crippen molar-refractivity contribution in [1.29, 1.82) is 0 Å². The SMILES string of the molecule is CN1CN(c2cccc(C3(c4ccc5c6ccccc6n(-c6cc(-c7ccccc7)ccn6)c5c4)c4ccccc4-c4ccccc43)c2)c2ccccc21. The van der Waals surface area contributed by atoms with Crippen LogP contribution in [-0.4, -0.2) is 23.3 Å². The van der Waals surface area contributed by atoms with Crippen LogP contribution in [0.5, 0.6) is 0 Å². The Morgan fingerprint density at radius 2 is 1.17 bits per heavy atom. The third kappa shape index (κ3) is 4.34. The number of nitrogens with zero attached hydrogens (tertiary/aromatic N) is 4. The van der Waals surface area contributed by atoms with Crippen LogP contribution in [0.25, 0.3) is 49.9 Å². The average Bonchev–Trinajstić information content (AvgIpc) is 3.87. The standard InChI is InChI=1S/C50H36N4/c1-52-33-53(47-25-12-11-24-46(47)52)38-17-13-16-36(31-38)50(43-21-8-5-18-39(43)40-19-6-9-22-44(40)50)37-26-27-42-41-20-7-10-23-45(41)54(48(42)32-37)49-30-35(28-29-51-49)34-14-3-2-4-15-34/h2-32H,33H2,1H3. The Hall–Kier alpha value is -6.91. The highest BCUT2D eigenvalue weighted by Gasteiger charge is 2.46. The first-order chi connectivity index (χ1) is 26.7. The zero-order chi connectivity index (χ0) is 35.8. The van der Waals surface area contributed by atoms with Crippen LogP contribution in [0.15, 0.2) is 188 Å². The van der Waals surface area contributed by atoms with E-state index in [9.17, 15) is 0 Å². The van der Waals surface area contributed by atoms with Gasteiger partial charge in [-0.25, -0.2) is 4.98 Å². The van der Waals surface area contributed by atoms with Gasteiger partial charge in [0.15, 0.2) is 0 Å². The van der Waals surface area contributed by atoms with E-state index < -0.39 is 5.41 Å². The van der Waals surface area contributed by atoms with Crippen LogP contribution in [0.4, 0.5) is 17.1 Å². The number of aromatic nitrogens is 2. The smallest absolute Gasteiger partial charge is 0.138 e. The Morgan fingerprint density at radius 3 is 1.98 bits per heavy atom. The molecule has 54 heavy (non-hydrogen) atoms. The topological polar surface area (TPSA) is 24.3 Å². The molecule has 1 aliphatic heterocycles. The molecule has 0 amide bonds. The van der Waals surface area contributed by atoms with E-state index in [1.165, 1.54) is 66.8 Å². The number of anilines is 3. The van der Waals surface area contributed by atoms with Crippen LogP contribution in [-0.2, 0) is 5.41 Å². The van der Waals surface area contributed by atoms with Gasteiger partial charge in [-0.1, -0.05) is 133 Å². The molecule has 0 fully saturated rings. The summed E-state index contributed by atoms with van der Waals surface area (Å²) in [6, 6.07) is 66.7. The number of rotatable bonds is 5. The van der Waals surface area contributed by atoms with Gasteiger partial charge in [0.25, 0.3) is 0 Å². The molecule has 0 radical (unpaired) electrons. The minimum Gasteiger partial charge on any atom is -0.355 e. The summed E-state index contributed by atoms with van der Waals surface area (Å²) >= 11 is 0. The van der Waals surface area contributed by atoms with E-state index in [-0.39, 0.29) is 0 Å². The van der Waals surface area contributed by atoms with E-state index >= 15 is 0 Å². The van der Waals surface area contributed by atoms with Gasteiger partial charge < -0.3 is 9.80 Å². The summed E-state index contributed by atoms with van der Waals surface area (Å²) in [7, 11) is 2.17. The van der Waals surface area contributed by atoms with Crippen molar-refractivity contribution in [2.75, 3.05) is 23.5 Å². The molecule has 1 aliphatic carbocycles. The highest BCUT2D eigenvalue weighted by atomic mass is 15.4. The van der Waals surface area contributed by atoms with Gasteiger partial charge in [-0.2, -0.15) is 0 Å². The fourth-order valence-electron chi connectivity index (χ4n) is 9.33. The molecule has 4 heteroatoms. The van der Waals surface area contributed by atoms with Gasteiger partial charge in [0.05, 0.1) is 34.5 Å². The first-order valence-corrected chi connectivity index (χ1v) is 18.6.